The van der Waals surface area contributed by atoms with E-state index in [9.17, 15) is 18.0 Å². The number of alkyl halides is 3. The highest BCUT2D eigenvalue weighted by Gasteiger charge is 2.65. The van der Waals surface area contributed by atoms with Crippen LogP contribution in [0.15, 0.2) is 66.7 Å². The maximum Gasteiger partial charge on any atom is 0.446 e. The van der Waals surface area contributed by atoms with Crippen LogP contribution in [-0.2, 0) is 19.7 Å². The number of carbonyl (C=O) groups excluding carboxylic acids is 2. The molecule has 1 aromatic heterocycles. The van der Waals surface area contributed by atoms with E-state index in [0.717, 1.165) is 78.4 Å². The van der Waals surface area contributed by atoms with Gasteiger partial charge in [0, 0.05) is 36.6 Å². The summed E-state index contributed by atoms with van der Waals surface area (Å²) in [7, 11) is 0. The van der Waals surface area contributed by atoms with E-state index in [1.807, 2.05) is 36.4 Å². The molecule has 2 aliphatic heterocycles. The number of benzene rings is 3. The molecule has 3 aromatic carbocycles. The molecule has 0 unspecified atom stereocenters. The number of hydrogen-bond donors (Lipinski definition) is 2. The molecule has 1 aliphatic carbocycles. The largest absolute Gasteiger partial charge is 0.492 e. The Hall–Kier alpha value is -4.48. The second-order valence-electron chi connectivity index (χ2n) is 11.0. The molecule has 0 bridgehead atoms. The molecule has 1 saturated carbocycles. The van der Waals surface area contributed by atoms with E-state index >= 15 is 0 Å². The van der Waals surface area contributed by atoms with Crippen molar-refractivity contribution in [1.29, 1.82) is 0 Å². The van der Waals surface area contributed by atoms with Crippen LogP contribution in [0.4, 0.5) is 18.9 Å². The van der Waals surface area contributed by atoms with Gasteiger partial charge in [0.05, 0.1) is 29.8 Å². The number of rotatable bonds is 7. The van der Waals surface area contributed by atoms with Gasteiger partial charge >= 0.3 is 6.18 Å². The summed E-state index contributed by atoms with van der Waals surface area (Å²) < 4.78 is 42.6. The zero-order chi connectivity index (χ0) is 30.7. The first-order chi connectivity index (χ1) is 21.3. The van der Waals surface area contributed by atoms with E-state index in [0.29, 0.717) is 6.61 Å². The zero-order valence-corrected chi connectivity index (χ0v) is 23.8. The lowest BCUT2D eigenvalue weighted by Crippen LogP contribution is -2.38. The Labute approximate surface area is 251 Å². The van der Waals surface area contributed by atoms with E-state index in [1.54, 1.807) is 0 Å². The van der Waals surface area contributed by atoms with Crippen molar-refractivity contribution in [2.45, 2.75) is 23.9 Å². The quantitative estimate of drug-likeness (QED) is 0.268. The van der Waals surface area contributed by atoms with Crippen LogP contribution in [0.1, 0.15) is 34.7 Å². The molecule has 8 nitrogen and oxygen atoms in total. The first-order valence-corrected chi connectivity index (χ1v) is 14.4. The highest BCUT2D eigenvalue weighted by molar-refractivity contribution is 6.09. The van der Waals surface area contributed by atoms with Crippen LogP contribution in [0.3, 0.4) is 0 Å². The Morgan fingerprint density at radius 3 is 2.55 bits per heavy atom. The summed E-state index contributed by atoms with van der Waals surface area (Å²) in [6, 6.07) is 22.6. The lowest BCUT2D eigenvalue weighted by Gasteiger charge is -2.26. The minimum Gasteiger partial charge on any atom is -0.492 e. The molecule has 0 radical (unpaired) electrons. The van der Waals surface area contributed by atoms with Crippen LogP contribution in [0, 0.1) is 0 Å². The van der Waals surface area contributed by atoms with Gasteiger partial charge in [-0.3, -0.25) is 19.6 Å². The Balaban J connectivity index is 0.000000523. The predicted octanol–water partition coefficient (Wildman–Crippen LogP) is 5.57. The molecule has 2 fully saturated rings. The topological polar surface area (TPSA) is 96.5 Å². The third-order valence-electron chi connectivity index (χ3n) is 8.27. The normalized spacial score (nSPS) is 21.2. The first-order valence-electron chi connectivity index (χ1n) is 14.4. The van der Waals surface area contributed by atoms with Gasteiger partial charge in [-0.1, -0.05) is 48.5 Å². The second-order valence-corrected chi connectivity index (χ2v) is 11.0. The maximum atomic E-state index is 12.9. The van der Waals surface area contributed by atoms with E-state index < -0.39 is 17.9 Å². The lowest BCUT2D eigenvalue weighted by molar-refractivity contribution is -0.156. The minimum atomic E-state index is -4.64. The summed E-state index contributed by atoms with van der Waals surface area (Å²) in [6.45, 7) is 5.16. The van der Waals surface area contributed by atoms with Crippen molar-refractivity contribution in [2.75, 3.05) is 44.8 Å². The molecular formula is C33H31F3N4O4. The van der Waals surface area contributed by atoms with Crippen LogP contribution in [0.25, 0.3) is 23.1 Å². The molecule has 1 amide bonds. The van der Waals surface area contributed by atoms with Crippen molar-refractivity contribution in [3.05, 3.63) is 89.1 Å². The summed E-state index contributed by atoms with van der Waals surface area (Å²) in [5.74, 6) is 1.18. The summed E-state index contributed by atoms with van der Waals surface area (Å²) in [4.78, 5) is 23.9. The number of fused-ring (bicyclic) bond motifs is 3. The molecule has 1 saturated heterocycles. The molecule has 2 N–H and O–H groups in total. The van der Waals surface area contributed by atoms with Crippen LogP contribution in [0.2, 0.25) is 0 Å². The van der Waals surface area contributed by atoms with E-state index in [2.05, 4.69) is 62.9 Å². The number of aromatic nitrogens is 2. The number of ether oxygens (including phenoxy) is 2. The minimum absolute atomic E-state index is 0.116. The molecule has 11 heteroatoms. The van der Waals surface area contributed by atoms with E-state index in [1.165, 1.54) is 5.56 Å². The number of aldehydes is 1. The number of morpholine rings is 1. The Morgan fingerprint density at radius 2 is 1.80 bits per heavy atom. The van der Waals surface area contributed by atoms with Crippen LogP contribution < -0.4 is 10.1 Å². The van der Waals surface area contributed by atoms with Gasteiger partial charge in [0.25, 0.3) is 0 Å². The summed E-state index contributed by atoms with van der Waals surface area (Å²) >= 11 is 0. The molecule has 2 atom stereocenters. The summed E-state index contributed by atoms with van der Waals surface area (Å²) in [6.07, 6.45) is -0.759. The van der Waals surface area contributed by atoms with E-state index in [4.69, 9.17) is 14.3 Å². The molecule has 228 valence electrons. The second kappa shape index (κ2) is 12.3. The number of para-hydroxylation sites is 1. The lowest BCUT2D eigenvalue weighted by atomic mass is 9.92. The van der Waals surface area contributed by atoms with Gasteiger partial charge in [-0.2, -0.15) is 18.3 Å². The number of nitrogens with zero attached hydrogens (tertiary/aromatic N) is 2. The predicted molar refractivity (Wildman–Crippen MR) is 160 cm³/mol. The number of carbonyl (C=O) groups is 2. The molecule has 7 rings (SSSR count). The number of anilines is 1. The highest BCUT2D eigenvalue weighted by Crippen LogP contribution is 2.65. The van der Waals surface area contributed by atoms with Crippen LogP contribution >= 0.6 is 0 Å². The molecule has 44 heavy (non-hydrogen) atoms. The third-order valence-corrected chi connectivity index (χ3v) is 8.27. The molecule has 1 spiro atoms. The number of halogens is 3. The van der Waals surface area contributed by atoms with Crippen molar-refractivity contribution in [1.82, 2.24) is 15.1 Å². The monoisotopic (exact) mass is 604 g/mol. The molecule has 4 aromatic rings. The van der Waals surface area contributed by atoms with Gasteiger partial charge in [0.2, 0.25) is 12.2 Å². The van der Waals surface area contributed by atoms with Gasteiger partial charge < -0.3 is 14.8 Å². The average Bonchev–Trinajstić information content (AvgIpc) is 3.57. The van der Waals surface area contributed by atoms with Crippen molar-refractivity contribution in [3.63, 3.8) is 0 Å². The number of hydrogen-bond acceptors (Lipinski definition) is 6. The van der Waals surface area contributed by atoms with Gasteiger partial charge in [0.15, 0.2) is 0 Å². The van der Waals surface area contributed by atoms with Crippen molar-refractivity contribution < 1.29 is 32.2 Å². The average molecular weight is 605 g/mol. The summed E-state index contributed by atoms with van der Waals surface area (Å²) in [5, 5.41) is 11.9. The van der Waals surface area contributed by atoms with Crippen molar-refractivity contribution in [2.24, 2.45) is 0 Å². The SMILES string of the molecule is O=C1Nc2ccccc2[C@]12C[C@H]2c1ccc2c(/C=C/c3ccc(OCCN4CCOCC4)cc3)n[nH]c2c1.O=CC(F)(F)F. The highest BCUT2D eigenvalue weighted by atomic mass is 19.4. The summed E-state index contributed by atoms with van der Waals surface area (Å²) in [5.41, 5.74) is 5.79. The number of H-pyrrole nitrogens is 1. The molecule has 3 heterocycles. The number of aromatic amines is 1. The third kappa shape index (κ3) is 6.24. The molecular weight excluding hydrogens is 573 g/mol. The Kier molecular flexibility index (Phi) is 8.24. The van der Waals surface area contributed by atoms with Gasteiger partial charge in [-0.25, -0.2) is 0 Å². The maximum absolute atomic E-state index is 12.9. The number of nitrogens with one attached hydrogen (secondary N) is 2. The number of amides is 1. The fourth-order valence-electron chi connectivity index (χ4n) is 5.92. The van der Waals surface area contributed by atoms with Crippen molar-refractivity contribution >= 4 is 40.9 Å². The van der Waals surface area contributed by atoms with Crippen LogP contribution in [-0.4, -0.2) is 72.9 Å². The van der Waals surface area contributed by atoms with Crippen molar-refractivity contribution in [3.8, 4) is 5.75 Å². The fraction of sp³-hybridized carbons (Fsp3) is 0.303. The van der Waals surface area contributed by atoms with E-state index in [-0.39, 0.29) is 11.8 Å². The Morgan fingerprint density at radius 1 is 1.05 bits per heavy atom. The van der Waals surface area contributed by atoms with Gasteiger partial charge in [-0.15, -0.1) is 0 Å². The Bertz CT molecular complexity index is 1680. The van der Waals surface area contributed by atoms with Gasteiger partial charge in [0.1, 0.15) is 12.4 Å². The van der Waals surface area contributed by atoms with Gasteiger partial charge in [-0.05, 0) is 53.5 Å². The molecule has 3 aliphatic rings. The zero-order valence-electron chi connectivity index (χ0n) is 23.8. The smallest absolute Gasteiger partial charge is 0.446 e. The first kappa shape index (κ1) is 29.6. The standard InChI is InChI=1S/C31H30N4O3.C2HF3O/c36-30-31(25-3-1-2-4-28(25)32-30)20-26(31)22-8-11-24-27(33-34-29(24)19-22)12-7-21-5-9-23(10-6-21)38-18-15-35-13-16-37-17-14-35;3-2(4,5)1-6/h1-12,19,26H,13-18,20H2,(H,32,36)(H,33,34);1H/b12-7+;/t26-,31-;/m0./s1. The van der Waals surface area contributed by atoms with Crippen LogP contribution in [0.5, 0.6) is 5.75 Å². The fourth-order valence-corrected chi connectivity index (χ4v) is 5.92.